The van der Waals surface area contributed by atoms with Crippen LogP contribution in [0.3, 0.4) is 0 Å². The molecular weight excluding hydrogens is 300 g/mol. The number of hydrogen-bond acceptors (Lipinski definition) is 2. The molecule has 2 rings (SSSR count). The number of nitrogens with zero attached hydrogens (tertiary/aromatic N) is 1. The topological polar surface area (TPSA) is 29.3 Å². The average Bonchev–Trinajstić information content (AvgIpc) is 2.40. The van der Waals surface area contributed by atoms with Gasteiger partial charge in [-0.3, -0.25) is 4.90 Å². The Balaban J connectivity index is 2.08. The smallest absolute Gasteiger partial charge is 0.0470 e. The lowest BCUT2D eigenvalue weighted by Crippen LogP contribution is -2.40. The molecule has 2 N–H and O–H groups in total. The van der Waals surface area contributed by atoms with Crippen LogP contribution < -0.4 is 5.73 Å². The number of rotatable bonds is 4. The number of nitrogens with two attached hydrogens (primary N) is 1. The van der Waals surface area contributed by atoms with E-state index in [1.165, 1.54) is 31.2 Å². The van der Waals surface area contributed by atoms with Crippen molar-refractivity contribution >= 4 is 15.9 Å². The maximum atomic E-state index is 6.03. The molecule has 19 heavy (non-hydrogen) atoms. The van der Waals surface area contributed by atoms with Crippen molar-refractivity contribution in [3.63, 3.8) is 0 Å². The summed E-state index contributed by atoms with van der Waals surface area (Å²) >= 11 is 3.55. The summed E-state index contributed by atoms with van der Waals surface area (Å²) in [7, 11) is 2.24. The number of likely N-dealkylation sites (N-methyl/N-ethyl adjacent to an activating group) is 1. The molecule has 1 fully saturated rings. The summed E-state index contributed by atoms with van der Waals surface area (Å²) in [5.41, 5.74) is 7.35. The van der Waals surface area contributed by atoms with E-state index in [2.05, 4.69) is 59.1 Å². The molecule has 0 radical (unpaired) electrons. The van der Waals surface area contributed by atoms with E-state index < -0.39 is 0 Å². The Bertz CT molecular complexity index is 399. The summed E-state index contributed by atoms with van der Waals surface area (Å²) < 4.78 is 1.13. The van der Waals surface area contributed by atoms with Crippen LogP contribution in [0.2, 0.25) is 0 Å². The van der Waals surface area contributed by atoms with Crippen molar-refractivity contribution in [1.82, 2.24) is 4.90 Å². The zero-order valence-electron chi connectivity index (χ0n) is 12.0. The highest BCUT2D eigenvalue weighted by molar-refractivity contribution is 9.10. The lowest BCUT2D eigenvalue weighted by atomic mass is 9.86. The maximum Gasteiger partial charge on any atom is 0.0470 e. The van der Waals surface area contributed by atoms with E-state index >= 15 is 0 Å². The summed E-state index contributed by atoms with van der Waals surface area (Å²) in [6.45, 7) is 3.05. The number of halogens is 1. The highest BCUT2D eigenvalue weighted by Crippen LogP contribution is 2.31. The minimum absolute atomic E-state index is 0.330. The van der Waals surface area contributed by atoms with E-state index in [9.17, 15) is 0 Å². The largest absolute Gasteiger partial charge is 0.329 e. The van der Waals surface area contributed by atoms with Gasteiger partial charge in [-0.2, -0.15) is 0 Å². The Hall–Kier alpha value is -0.380. The van der Waals surface area contributed by atoms with Crippen LogP contribution in [-0.2, 0) is 0 Å². The first kappa shape index (κ1) is 15.0. The van der Waals surface area contributed by atoms with Gasteiger partial charge in [0.05, 0.1) is 0 Å². The fraction of sp³-hybridized carbons (Fsp3) is 0.625. The van der Waals surface area contributed by atoms with E-state index in [-0.39, 0.29) is 0 Å². The van der Waals surface area contributed by atoms with E-state index in [0.717, 1.165) is 10.4 Å². The van der Waals surface area contributed by atoms with Crippen LogP contribution >= 0.6 is 15.9 Å². The van der Waals surface area contributed by atoms with Gasteiger partial charge in [0.2, 0.25) is 0 Å². The van der Waals surface area contributed by atoms with Crippen molar-refractivity contribution in [2.24, 2.45) is 11.7 Å². The van der Waals surface area contributed by atoms with Gasteiger partial charge in [0.15, 0.2) is 0 Å². The van der Waals surface area contributed by atoms with E-state index in [1.807, 2.05) is 0 Å². The number of hydrogen-bond donors (Lipinski definition) is 1. The van der Waals surface area contributed by atoms with Gasteiger partial charge < -0.3 is 5.73 Å². The molecule has 2 nitrogen and oxygen atoms in total. The third-order valence-electron chi connectivity index (χ3n) is 4.51. The van der Waals surface area contributed by atoms with Crippen LogP contribution in [-0.4, -0.2) is 24.5 Å². The summed E-state index contributed by atoms with van der Waals surface area (Å²) in [5, 5.41) is 0. The van der Waals surface area contributed by atoms with Crippen molar-refractivity contribution in [2.75, 3.05) is 13.6 Å². The van der Waals surface area contributed by atoms with Crippen LogP contribution in [0.1, 0.15) is 44.2 Å². The van der Waals surface area contributed by atoms with Gasteiger partial charge >= 0.3 is 0 Å². The third kappa shape index (κ3) is 3.80. The molecule has 1 aromatic carbocycles. The van der Waals surface area contributed by atoms with Crippen LogP contribution in [0.4, 0.5) is 0 Å². The molecule has 1 atom stereocenters. The summed E-state index contributed by atoms with van der Waals surface area (Å²) in [6.07, 6.45) is 5.32. The summed E-state index contributed by atoms with van der Waals surface area (Å²) in [4.78, 5) is 2.49. The quantitative estimate of drug-likeness (QED) is 0.908. The second kappa shape index (κ2) is 6.87. The van der Waals surface area contributed by atoms with E-state index in [1.54, 1.807) is 0 Å². The van der Waals surface area contributed by atoms with Crippen molar-refractivity contribution in [1.29, 1.82) is 0 Å². The standard InChI is InChI=1S/C16H25BrN2/c1-12-6-8-15(9-7-12)19(2)16(11-18)13-4-3-5-14(17)10-13/h3-5,10,12,15-16H,6-9,11,18H2,1-2H3. The fourth-order valence-electron chi connectivity index (χ4n) is 3.16. The number of benzene rings is 1. The minimum Gasteiger partial charge on any atom is -0.329 e. The first-order valence-corrected chi connectivity index (χ1v) is 8.08. The Morgan fingerprint density at radius 1 is 1.32 bits per heavy atom. The summed E-state index contributed by atoms with van der Waals surface area (Å²) in [6, 6.07) is 9.56. The minimum atomic E-state index is 0.330. The molecule has 0 bridgehead atoms. The third-order valence-corrected chi connectivity index (χ3v) is 5.00. The molecule has 0 aromatic heterocycles. The maximum absolute atomic E-state index is 6.03. The Kier molecular flexibility index (Phi) is 5.43. The molecule has 0 spiro atoms. The molecule has 1 aliphatic rings. The monoisotopic (exact) mass is 324 g/mol. The SMILES string of the molecule is CC1CCC(N(C)C(CN)c2cccc(Br)c2)CC1. The van der Waals surface area contributed by atoms with Gasteiger partial charge in [-0.25, -0.2) is 0 Å². The van der Waals surface area contributed by atoms with Crippen LogP contribution in [0.25, 0.3) is 0 Å². The molecule has 0 amide bonds. The molecule has 3 heteroatoms. The highest BCUT2D eigenvalue weighted by Gasteiger charge is 2.26. The zero-order valence-corrected chi connectivity index (χ0v) is 13.6. The second-order valence-electron chi connectivity index (χ2n) is 5.89. The predicted molar refractivity (Wildman–Crippen MR) is 85.1 cm³/mol. The van der Waals surface area contributed by atoms with Crippen LogP contribution in [0.15, 0.2) is 28.7 Å². The molecule has 1 aliphatic carbocycles. The van der Waals surface area contributed by atoms with Crippen molar-refractivity contribution in [2.45, 2.75) is 44.7 Å². The molecule has 1 unspecified atom stereocenters. The molecule has 1 saturated carbocycles. The first-order valence-electron chi connectivity index (χ1n) is 7.29. The zero-order chi connectivity index (χ0) is 13.8. The summed E-state index contributed by atoms with van der Waals surface area (Å²) in [5.74, 6) is 0.895. The van der Waals surface area contributed by atoms with Crippen molar-refractivity contribution < 1.29 is 0 Å². The molecular formula is C16H25BrN2. The van der Waals surface area contributed by atoms with E-state index in [0.29, 0.717) is 18.6 Å². The second-order valence-corrected chi connectivity index (χ2v) is 6.80. The van der Waals surface area contributed by atoms with Gasteiger partial charge in [-0.15, -0.1) is 0 Å². The molecule has 0 aliphatic heterocycles. The van der Waals surface area contributed by atoms with Gasteiger partial charge in [-0.1, -0.05) is 35.0 Å². The van der Waals surface area contributed by atoms with Gasteiger partial charge in [-0.05, 0) is 56.3 Å². The van der Waals surface area contributed by atoms with E-state index in [4.69, 9.17) is 5.73 Å². The molecule has 106 valence electrons. The Morgan fingerprint density at radius 2 is 2.00 bits per heavy atom. The van der Waals surface area contributed by atoms with Gasteiger partial charge in [0.1, 0.15) is 0 Å². The highest BCUT2D eigenvalue weighted by atomic mass is 79.9. The van der Waals surface area contributed by atoms with Crippen molar-refractivity contribution in [3.8, 4) is 0 Å². The fourth-order valence-corrected chi connectivity index (χ4v) is 3.57. The van der Waals surface area contributed by atoms with Gasteiger partial charge in [0, 0.05) is 23.1 Å². The van der Waals surface area contributed by atoms with Gasteiger partial charge in [0.25, 0.3) is 0 Å². The van der Waals surface area contributed by atoms with Crippen molar-refractivity contribution in [3.05, 3.63) is 34.3 Å². The van der Waals surface area contributed by atoms with Crippen LogP contribution in [0.5, 0.6) is 0 Å². The lowest BCUT2D eigenvalue weighted by Gasteiger charge is -2.38. The predicted octanol–water partition coefficient (Wildman–Crippen LogP) is 3.96. The normalized spacial score (nSPS) is 25.5. The van der Waals surface area contributed by atoms with Crippen LogP contribution in [0, 0.1) is 5.92 Å². The molecule has 1 aromatic rings. The molecule has 0 heterocycles. The average molecular weight is 325 g/mol. The lowest BCUT2D eigenvalue weighted by molar-refractivity contribution is 0.126. The Labute approximate surface area is 125 Å². The Morgan fingerprint density at radius 3 is 2.58 bits per heavy atom. The first-order chi connectivity index (χ1) is 9.11. The molecule has 0 saturated heterocycles.